The molecule has 0 aliphatic rings. The Hall–Kier alpha value is -2.93. The highest BCUT2D eigenvalue weighted by molar-refractivity contribution is 5.93. The van der Waals surface area contributed by atoms with E-state index in [2.05, 4.69) is 20.6 Å². The topological polar surface area (TPSA) is 92.1 Å². The highest BCUT2D eigenvalue weighted by Crippen LogP contribution is 2.26. The summed E-state index contributed by atoms with van der Waals surface area (Å²) >= 11 is 0. The van der Waals surface area contributed by atoms with Crippen molar-refractivity contribution in [2.75, 3.05) is 17.2 Å². The van der Waals surface area contributed by atoms with Crippen LogP contribution in [0.2, 0.25) is 0 Å². The van der Waals surface area contributed by atoms with Crippen molar-refractivity contribution >= 4 is 28.2 Å². The van der Waals surface area contributed by atoms with Gasteiger partial charge in [0, 0.05) is 19.4 Å². The van der Waals surface area contributed by atoms with Gasteiger partial charge in [-0.1, -0.05) is 0 Å². The lowest BCUT2D eigenvalue weighted by molar-refractivity contribution is 0.234. The van der Waals surface area contributed by atoms with Crippen molar-refractivity contribution in [3.8, 4) is 0 Å². The van der Waals surface area contributed by atoms with Gasteiger partial charge in [-0.05, 0) is 56.0 Å². The highest BCUT2D eigenvalue weighted by atomic mass is 16.3. The molecule has 0 saturated carbocycles. The van der Waals surface area contributed by atoms with E-state index in [0.29, 0.717) is 22.8 Å². The Morgan fingerprint density at radius 3 is 2.69 bits per heavy atom. The SMILES string of the molecule is Cc1ccnc(Nc2cc3ccn(C)c(=O)c3c(NC(C)(C)CO)n2)c1. The third-order valence-electron chi connectivity index (χ3n) is 4.09. The first-order valence-corrected chi connectivity index (χ1v) is 8.38. The molecule has 26 heavy (non-hydrogen) atoms. The predicted octanol–water partition coefficient (Wildman–Crippen LogP) is 2.56. The van der Waals surface area contributed by atoms with E-state index in [1.54, 1.807) is 19.4 Å². The van der Waals surface area contributed by atoms with Gasteiger partial charge in [-0.3, -0.25) is 4.79 Å². The minimum absolute atomic E-state index is 0.0968. The van der Waals surface area contributed by atoms with Crippen LogP contribution in [0.25, 0.3) is 10.8 Å². The van der Waals surface area contributed by atoms with Gasteiger partial charge in [-0.2, -0.15) is 0 Å². The van der Waals surface area contributed by atoms with Crippen LogP contribution >= 0.6 is 0 Å². The fraction of sp³-hybridized carbons (Fsp3) is 0.316. The average molecular weight is 353 g/mol. The Bertz CT molecular complexity index is 1010. The zero-order chi connectivity index (χ0) is 18.9. The molecule has 0 aliphatic heterocycles. The second kappa shape index (κ2) is 6.76. The van der Waals surface area contributed by atoms with Crippen molar-refractivity contribution in [3.63, 3.8) is 0 Å². The van der Waals surface area contributed by atoms with Crippen LogP contribution in [0.15, 0.2) is 41.5 Å². The zero-order valence-electron chi connectivity index (χ0n) is 15.4. The number of rotatable bonds is 5. The Morgan fingerprint density at radius 1 is 1.23 bits per heavy atom. The number of aryl methyl sites for hydroxylation is 2. The minimum Gasteiger partial charge on any atom is -0.394 e. The normalized spacial score (nSPS) is 11.6. The summed E-state index contributed by atoms with van der Waals surface area (Å²) in [7, 11) is 1.70. The molecule has 0 saturated heterocycles. The molecule has 0 fully saturated rings. The maximum Gasteiger partial charge on any atom is 0.261 e. The Morgan fingerprint density at radius 2 is 2.00 bits per heavy atom. The average Bonchev–Trinajstić information content (AvgIpc) is 2.58. The maximum atomic E-state index is 12.6. The third-order valence-corrected chi connectivity index (χ3v) is 4.09. The van der Waals surface area contributed by atoms with Crippen LogP contribution in [0.3, 0.4) is 0 Å². The first-order valence-electron chi connectivity index (χ1n) is 8.38. The van der Waals surface area contributed by atoms with Gasteiger partial charge in [-0.25, -0.2) is 9.97 Å². The van der Waals surface area contributed by atoms with Crippen molar-refractivity contribution in [3.05, 3.63) is 52.6 Å². The molecule has 3 aromatic heterocycles. The van der Waals surface area contributed by atoms with Gasteiger partial charge in [0.05, 0.1) is 17.5 Å². The quantitative estimate of drug-likeness (QED) is 0.653. The van der Waals surface area contributed by atoms with E-state index < -0.39 is 5.54 Å². The molecule has 0 aromatic carbocycles. The Balaban J connectivity index is 2.14. The molecule has 7 nitrogen and oxygen atoms in total. The van der Waals surface area contributed by atoms with Crippen LogP contribution in [0, 0.1) is 6.92 Å². The van der Waals surface area contributed by atoms with Crippen LogP contribution in [0.1, 0.15) is 19.4 Å². The molecule has 0 amide bonds. The Kier molecular flexibility index (Phi) is 4.65. The second-order valence-electron chi connectivity index (χ2n) is 7.06. The first-order chi connectivity index (χ1) is 12.3. The zero-order valence-corrected chi connectivity index (χ0v) is 15.4. The summed E-state index contributed by atoms with van der Waals surface area (Å²) in [5.74, 6) is 1.67. The number of hydrogen-bond acceptors (Lipinski definition) is 6. The molecule has 0 aliphatic carbocycles. The number of nitrogens with one attached hydrogen (secondary N) is 2. The molecule has 0 radical (unpaired) electrons. The molecule has 7 heteroatoms. The smallest absolute Gasteiger partial charge is 0.261 e. The van der Waals surface area contributed by atoms with Crippen LogP contribution in [-0.2, 0) is 7.05 Å². The minimum atomic E-state index is -0.624. The van der Waals surface area contributed by atoms with Gasteiger partial charge < -0.3 is 20.3 Å². The summed E-state index contributed by atoms with van der Waals surface area (Å²) in [6, 6.07) is 7.52. The third kappa shape index (κ3) is 3.67. The molecule has 3 heterocycles. The maximum absolute atomic E-state index is 12.6. The summed E-state index contributed by atoms with van der Waals surface area (Å²) in [6.07, 6.45) is 3.45. The largest absolute Gasteiger partial charge is 0.394 e. The summed E-state index contributed by atoms with van der Waals surface area (Å²) in [5, 5.41) is 17.2. The van der Waals surface area contributed by atoms with Crippen molar-refractivity contribution in [2.45, 2.75) is 26.3 Å². The van der Waals surface area contributed by atoms with Crippen LogP contribution in [-0.4, -0.2) is 31.8 Å². The van der Waals surface area contributed by atoms with Crippen molar-refractivity contribution in [1.82, 2.24) is 14.5 Å². The molecular formula is C19H23N5O2. The fourth-order valence-electron chi connectivity index (χ4n) is 2.61. The fourth-order valence-corrected chi connectivity index (χ4v) is 2.61. The molecule has 3 N–H and O–H groups in total. The van der Waals surface area contributed by atoms with Gasteiger partial charge in [0.15, 0.2) is 0 Å². The van der Waals surface area contributed by atoms with Gasteiger partial charge in [0.25, 0.3) is 5.56 Å². The monoisotopic (exact) mass is 353 g/mol. The molecule has 0 spiro atoms. The molecule has 0 unspecified atom stereocenters. The Labute approximate surface area is 151 Å². The number of aliphatic hydroxyl groups excluding tert-OH is 1. The van der Waals surface area contributed by atoms with E-state index in [0.717, 1.165) is 10.9 Å². The van der Waals surface area contributed by atoms with Crippen molar-refractivity contribution in [2.24, 2.45) is 7.05 Å². The van der Waals surface area contributed by atoms with Gasteiger partial charge in [0.2, 0.25) is 0 Å². The lowest BCUT2D eigenvalue weighted by atomic mass is 10.1. The lowest BCUT2D eigenvalue weighted by Crippen LogP contribution is -2.36. The first kappa shape index (κ1) is 17.9. The number of pyridine rings is 3. The number of anilines is 3. The van der Waals surface area contributed by atoms with Crippen LogP contribution < -0.4 is 16.2 Å². The molecule has 0 bridgehead atoms. The number of aromatic nitrogens is 3. The number of fused-ring (bicyclic) bond motifs is 1. The molecule has 3 aromatic rings. The van der Waals surface area contributed by atoms with E-state index in [9.17, 15) is 9.90 Å². The highest BCUT2D eigenvalue weighted by Gasteiger charge is 2.20. The second-order valence-corrected chi connectivity index (χ2v) is 7.06. The van der Waals surface area contributed by atoms with E-state index in [4.69, 9.17) is 0 Å². The summed E-state index contributed by atoms with van der Waals surface area (Å²) < 4.78 is 1.51. The van der Waals surface area contributed by atoms with Gasteiger partial charge in [0.1, 0.15) is 17.5 Å². The number of hydrogen-bond donors (Lipinski definition) is 3. The van der Waals surface area contributed by atoms with E-state index in [-0.39, 0.29) is 12.2 Å². The van der Waals surface area contributed by atoms with Gasteiger partial charge >= 0.3 is 0 Å². The number of aliphatic hydroxyl groups is 1. The van der Waals surface area contributed by atoms with E-state index in [1.165, 1.54) is 4.57 Å². The van der Waals surface area contributed by atoms with Crippen LogP contribution in [0.4, 0.5) is 17.5 Å². The van der Waals surface area contributed by atoms with Crippen LogP contribution in [0.5, 0.6) is 0 Å². The number of nitrogens with zero attached hydrogens (tertiary/aromatic N) is 3. The predicted molar refractivity (Wildman–Crippen MR) is 104 cm³/mol. The summed E-state index contributed by atoms with van der Waals surface area (Å²) in [4.78, 5) is 21.5. The van der Waals surface area contributed by atoms with E-state index in [1.807, 2.05) is 45.0 Å². The lowest BCUT2D eigenvalue weighted by Gasteiger charge is -2.25. The van der Waals surface area contributed by atoms with Crippen molar-refractivity contribution in [1.29, 1.82) is 0 Å². The molecular weight excluding hydrogens is 330 g/mol. The molecule has 0 atom stereocenters. The van der Waals surface area contributed by atoms with Crippen molar-refractivity contribution < 1.29 is 5.11 Å². The van der Waals surface area contributed by atoms with Gasteiger partial charge in [-0.15, -0.1) is 0 Å². The summed E-state index contributed by atoms with van der Waals surface area (Å²) in [5.41, 5.74) is 0.310. The standard InChI is InChI=1S/C19H23N5O2/c1-12-5-7-20-14(9-12)21-15-10-13-6-8-24(4)18(26)16(13)17(22-15)23-19(2,3)11-25/h5-10,25H,11H2,1-4H3,(H2,20,21,22,23). The molecule has 136 valence electrons. The molecule has 3 rings (SSSR count). The summed E-state index contributed by atoms with van der Waals surface area (Å²) in [6.45, 7) is 5.58. The van der Waals surface area contributed by atoms with E-state index >= 15 is 0 Å².